The second-order valence-electron chi connectivity index (χ2n) is 8.15. The van der Waals surface area contributed by atoms with E-state index in [-0.39, 0.29) is 22.4 Å². The van der Waals surface area contributed by atoms with Crippen LogP contribution in [0.25, 0.3) is 22.2 Å². The number of hydrogen-bond donors (Lipinski definition) is 3. The number of aromatic nitrogens is 1. The maximum absolute atomic E-state index is 13.1. The number of benzene rings is 2. The lowest BCUT2D eigenvalue weighted by Crippen LogP contribution is -2.36. The average molecular weight is 461 g/mol. The molecule has 0 radical (unpaired) electrons. The molecule has 1 aromatic heterocycles. The third kappa shape index (κ3) is 4.49. The highest BCUT2D eigenvalue weighted by Gasteiger charge is 2.25. The maximum atomic E-state index is 13.1. The molecule has 2 aromatic carbocycles. The van der Waals surface area contributed by atoms with Crippen molar-refractivity contribution in [1.29, 1.82) is 0 Å². The molecule has 0 amide bonds. The molecule has 1 saturated carbocycles. The lowest BCUT2D eigenvalue weighted by atomic mass is 9.96. The Balaban J connectivity index is 1.80. The summed E-state index contributed by atoms with van der Waals surface area (Å²) < 4.78 is 29.0. The van der Waals surface area contributed by atoms with Gasteiger partial charge in [0.2, 0.25) is 10.0 Å². The van der Waals surface area contributed by atoms with E-state index in [0.29, 0.717) is 16.8 Å². The maximum Gasteiger partial charge on any atom is 0.307 e. The topological polar surface area (TPSA) is 99.3 Å². The molecule has 3 N–H and O–H groups in total. The molecule has 1 fully saturated rings. The van der Waals surface area contributed by atoms with Gasteiger partial charge in [-0.15, -0.1) is 0 Å². The highest BCUT2D eigenvalue weighted by Crippen LogP contribution is 2.35. The summed E-state index contributed by atoms with van der Waals surface area (Å²) in [7, 11) is -3.81. The van der Waals surface area contributed by atoms with Gasteiger partial charge >= 0.3 is 5.97 Å². The number of carboxylic acid groups (broad SMARTS) is 1. The minimum atomic E-state index is -3.81. The van der Waals surface area contributed by atoms with Crippen LogP contribution in [0.2, 0.25) is 5.02 Å². The molecule has 1 heterocycles. The van der Waals surface area contributed by atoms with Crippen molar-refractivity contribution >= 4 is 38.5 Å². The fourth-order valence-corrected chi connectivity index (χ4v) is 6.28. The summed E-state index contributed by atoms with van der Waals surface area (Å²) in [4.78, 5) is 14.9. The first kappa shape index (κ1) is 21.9. The van der Waals surface area contributed by atoms with Gasteiger partial charge in [-0.2, -0.15) is 0 Å². The Hall–Kier alpha value is -2.35. The van der Waals surface area contributed by atoms with Gasteiger partial charge in [0.05, 0.1) is 17.1 Å². The van der Waals surface area contributed by atoms with Crippen LogP contribution in [-0.2, 0) is 21.2 Å². The van der Waals surface area contributed by atoms with Crippen LogP contribution >= 0.6 is 11.6 Å². The van der Waals surface area contributed by atoms with Crippen molar-refractivity contribution in [1.82, 2.24) is 9.71 Å². The van der Waals surface area contributed by atoms with E-state index in [1.54, 1.807) is 12.1 Å². The third-order valence-electron chi connectivity index (χ3n) is 5.90. The van der Waals surface area contributed by atoms with Gasteiger partial charge in [0.25, 0.3) is 0 Å². The molecular formula is C23H25ClN2O4S. The molecule has 3 aromatic rings. The van der Waals surface area contributed by atoms with Crippen LogP contribution in [0.4, 0.5) is 0 Å². The molecule has 0 aliphatic heterocycles. The standard InChI is InChI=1S/C23H25ClN2O4S/c1-14-6-5-9-19-22(14)17(13-21(27)28)23(25-19)15-10-11-18(24)20(12-15)31(29,30)26-16-7-3-2-4-8-16/h5-6,9-12,16,25-26H,2-4,7-8,13H2,1H3,(H,27,28). The van der Waals surface area contributed by atoms with Crippen molar-refractivity contribution in [3.8, 4) is 11.3 Å². The molecule has 164 valence electrons. The lowest BCUT2D eigenvalue weighted by Gasteiger charge is -2.23. The SMILES string of the molecule is Cc1cccc2[nH]c(-c3ccc(Cl)c(S(=O)(=O)NC4CCCCC4)c3)c(CC(=O)O)c12. The zero-order valence-electron chi connectivity index (χ0n) is 17.2. The van der Waals surface area contributed by atoms with Crippen molar-refractivity contribution in [2.45, 2.75) is 56.4 Å². The zero-order valence-corrected chi connectivity index (χ0v) is 18.8. The Morgan fingerprint density at radius 3 is 2.65 bits per heavy atom. The van der Waals surface area contributed by atoms with E-state index in [9.17, 15) is 18.3 Å². The molecule has 6 nitrogen and oxygen atoms in total. The Morgan fingerprint density at radius 1 is 1.19 bits per heavy atom. The van der Waals surface area contributed by atoms with E-state index in [1.807, 2.05) is 25.1 Å². The van der Waals surface area contributed by atoms with Gasteiger partial charge in [-0.25, -0.2) is 13.1 Å². The first-order valence-corrected chi connectivity index (χ1v) is 12.3. The van der Waals surface area contributed by atoms with Crippen LogP contribution < -0.4 is 4.72 Å². The first-order valence-electron chi connectivity index (χ1n) is 10.4. The van der Waals surface area contributed by atoms with Crippen LogP contribution in [0.3, 0.4) is 0 Å². The number of rotatable bonds is 6. The normalized spacial score (nSPS) is 15.4. The van der Waals surface area contributed by atoms with Gasteiger partial charge in [0, 0.05) is 16.9 Å². The summed E-state index contributed by atoms with van der Waals surface area (Å²) in [5.41, 5.74) is 3.58. The van der Waals surface area contributed by atoms with Crippen molar-refractivity contribution in [3.05, 3.63) is 52.5 Å². The second kappa shape index (κ2) is 8.65. The number of halogens is 1. The second-order valence-corrected chi connectivity index (χ2v) is 10.2. The van der Waals surface area contributed by atoms with E-state index in [4.69, 9.17) is 11.6 Å². The Morgan fingerprint density at radius 2 is 1.94 bits per heavy atom. The molecule has 0 unspecified atom stereocenters. The van der Waals surface area contributed by atoms with Gasteiger partial charge in [0.1, 0.15) is 4.90 Å². The third-order valence-corrected chi connectivity index (χ3v) is 7.90. The fraction of sp³-hybridized carbons (Fsp3) is 0.348. The number of hydrogen-bond acceptors (Lipinski definition) is 3. The van der Waals surface area contributed by atoms with E-state index < -0.39 is 16.0 Å². The average Bonchev–Trinajstić information content (AvgIpc) is 3.07. The zero-order chi connectivity index (χ0) is 22.2. The highest BCUT2D eigenvalue weighted by molar-refractivity contribution is 7.89. The summed E-state index contributed by atoms with van der Waals surface area (Å²) >= 11 is 6.29. The Labute approximate surface area is 186 Å². The first-order chi connectivity index (χ1) is 14.8. The number of nitrogens with one attached hydrogen (secondary N) is 2. The molecule has 0 spiro atoms. The highest BCUT2D eigenvalue weighted by atomic mass is 35.5. The summed E-state index contributed by atoms with van der Waals surface area (Å²) in [6.07, 6.45) is 4.61. The minimum Gasteiger partial charge on any atom is -0.481 e. The summed E-state index contributed by atoms with van der Waals surface area (Å²) in [6.45, 7) is 1.93. The van der Waals surface area contributed by atoms with Gasteiger partial charge < -0.3 is 10.1 Å². The van der Waals surface area contributed by atoms with Gasteiger partial charge in [-0.1, -0.05) is 49.1 Å². The van der Waals surface area contributed by atoms with Gasteiger partial charge in [-0.05, 0) is 54.7 Å². The molecule has 0 saturated heterocycles. The monoisotopic (exact) mass is 460 g/mol. The predicted octanol–water partition coefficient (Wildman–Crippen LogP) is 5.03. The summed E-state index contributed by atoms with van der Waals surface area (Å²) in [5.74, 6) is -0.953. The van der Waals surface area contributed by atoms with Crippen LogP contribution in [-0.4, -0.2) is 30.5 Å². The Bertz CT molecular complexity index is 1240. The fourth-order valence-electron chi connectivity index (χ4n) is 4.45. The molecule has 8 heteroatoms. The van der Waals surface area contributed by atoms with Crippen molar-refractivity contribution in [3.63, 3.8) is 0 Å². The predicted molar refractivity (Wildman–Crippen MR) is 122 cm³/mol. The number of sulfonamides is 1. The number of aromatic amines is 1. The lowest BCUT2D eigenvalue weighted by molar-refractivity contribution is -0.136. The van der Waals surface area contributed by atoms with Crippen molar-refractivity contribution < 1.29 is 18.3 Å². The number of carboxylic acids is 1. The van der Waals surface area contributed by atoms with E-state index >= 15 is 0 Å². The van der Waals surface area contributed by atoms with Crippen LogP contribution in [0.1, 0.15) is 43.2 Å². The van der Waals surface area contributed by atoms with E-state index in [1.165, 1.54) is 6.07 Å². The smallest absolute Gasteiger partial charge is 0.307 e. The van der Waals surface area contributed by atoms with E-state index in [0.717, 1.165) is 48.6 Å². The molecule has 31 heavy (non-hydrogen) atoms. The van der Waals surface area contributed by atoms with Crippen LogP contribution in [0.15, 0.2) is 41.3 Å². The molecule has 0 atom stereocenters. The van der Waals surface area contributed by atoms with Crippen molar-refractivity contribution in [2.24, 2.45) is 0 Å². The largest absolute Gasteiger partial charge is 0.481 e. The number of H-pyrrole nitrogens is 1. The molecule has 1 aliphatic carbocycles. The molecule has 0 bridgehead atoms. The summed E-state index contributed by atoms with van der Waals surface area (Å²) in [6, 6.07) is 10.4. The minimum absolute atomic E-state index is 0.00823. The summed E-state index contributed by atoms with van der Waals surface area (Å²) in [5, 5.41) is 10.5. The quantitative estimate of drug-likeness (QED) is 0.480. The number of fused-ring (bicyclic) bond motifs is 1. The number of aliphatic carboxylic acids is 1. The van der Waals surface area contributed by atoms with Crippen LogP contribution in [0.5, 0.6) is 0 Å². The molecular weight excluding hydrogens is 436 g/mol. The van der Waals surface area contributed by atoms with Crippen LogP contribution in [0, 0.1) is 6.92 Å². The van der Waals surface area contributed by atoms with Gasteiger partial charge in [-0.3, -0.25) is 4.79 Å². The van der Waals surface area contributed by atoms with E-state index in [2.05, 4.69) is 9.71 Å². The molecule has 1 aliphatic rings. The van der Waals surface area contributed by atoms with Crippen molar-refractivity contribution in [2.75, 3.05) is 0 Å². The molecule has 4 rings (SSSR count). The number of carbonyl (C=O) groups is 1. The van der Waals surface area contributed by atoms with Gasteiger partial charge in [0.15, 0.2) is 0 Å². The number of aryl methyl sites for hydroxylation is 1. The Kier molecular flexibility index (Phi) is 6.10.